The largest absolute Gasteiger partial charge is 0.546 e. The molecule has 0 N–H and O–H groups in total. The molecule has 12 heavy (non-hydrogen) atoms. The van der Waals surface area contributed by atoms with Gasteiger partial charge in [-0.3, -0.25) is 0 Å². The van der Waals surface area contributed by atoms with E-state index in [2.05, 4.69) is 13.8 Å². The van der Waals surface area contributed by atoms with Crippen molar-refractivity contribution in [2.45, 2.75) is 25.9 Å². The van der Waals surface area contributed by atoms with Gasteiger partial charge in [-0.05, 0) is 24.2 Å². The van der Waals surface area contributed by atoms with Crippen LogP contribution in [0.2, 0.25) is 12.1 Å². The minimum absolute atomic E-state index is 0.919. The zero-order valence-corrected chi connectivity index (χ0v) is 8.94. The van der Waals surface area contributed by atoms with Gasteiger partial charge < -0.3 is 4.43 Å². The number of rotatable bonds is 4. The van der Waals surface area contributed by atoms with Gasteiger partial charge >= 0.3 is 0 Å². The average molecular weight is 180 g/mol. The molecule has 0 atom stereocenters. The minimum atomic E-state index is -0.919. The Hall–Kier alpha value is -0.763. The Balaban J connectivity index is 2.51. The van der Waals surface area contributed by atoms with Crippen molar-refractivity contribution >= 4 is 9.04 Å². The van der Waals surface area contributed by atoms with Gasteiger partial charge in [-0.1, -0.05) is 32.0 Å². The van der Waals surface area contributed by atoms with Crippen LogP contribution in [0.15, 0.2) is 30.3 Å². The summed E-state index contributed by atoms with van der Waals surface area (Å²) in [5.41, 5.74) is 0. The van der Waals surface area contributed by atoms with E-state index in [1.165, 1.54) is 12.1 Å². The van der Waals surface area contributed by atoms with Crippen molar-refractivity contribution in [1.82, 2.24) is 0 Å². The van der Waals surface area contributed by atoms with Crippen molar-refractivity contribution in [2.24, 2.45) is 0 Å². The summed E-state index contributed by atoms with van der Waals surface area (Å²) >= 11 is 0. The molecule has 0 unspecified atom stereocenters. The first-order valence-corrected chi connectivity index (χ1v) is 6.69. The Morgan fingerprint density at radius 3 is 2.17 bits per heavy atom. The summed E-state index contributed by atoms with van der Waals surface area (Å²) in [5.74, 6) is 1.04. The highest BCUT2D eigenvalue weighted by atomic mass is 28.3. The zero-order valence-electron chi connectivity index (χ0n) is 7.79. The molecule has 66 valence electrons. The second kappa shape index (κ2) is 4.98. The number of hydrogen-bond donors (Lipinski definition) is 0. The molecule has 0 aliphatic rings. The van der Waals surface area contributed by atoms with Gasteiger partial charge in [-0.25, -0.2) is 0 Å². The van der Waals surface area contributed by atoms with Crippen LogP contribution >= 0.6 is 0 Å². The summed E-state index contributed by atoms with van der Waals surface area (Å²) in [6, 6.07) is 12.5. The lowest BCUT2D eigenvalue weighted by molar-refractivity contribution is 0.566. The van der Waals surface area contributed by atoms with E-state index in [0.717, 1.165) is 5.75 Å². The first-order valence-electron chi connectivity index (χ1n) is 4.58. The summed E-state index contributed by atoms with van der Waals surface area (Å²) in [7, 11) is -0.919. The highest BCUT2D eigenvalue weighted by Crippen LogP contribution is 2.12. The van der Waals surface area contributed by atoms with E-state index in [-0.39, 0.29) is 0 Å². The lowest BCUT2D eigenvalue weighted by Gasteiger charge is -2.13. The summed E-state index contributed by atoms with van der Waals surface area (Å²) < 4.78 is 5.85. The van der Waals surface area contributed by atoms with Crippen LogP contribution in [0.1, 0.15) is 13.8 Å². The van der Waals surface area contributed by atoms with Crippen LogP contribution < -0.4 is 4.43 Å². The van der Waals surface area contributed by atoms with Crippen LogP contribution in [0.4, 0.5) is 0 Å². The Labute approximate surface area is 76.1 Å². The first-order chi connectivity index (χ1) is 5.86. The fourth-order valence-electron chi connectivity index (χ4n) is 1.15. The molecule has 0 amide bonds. The summed E-state index contributed by atoms with van der Waals surface area (Å²) in [4.78, 5) is 0. The topological polar surface area (TPSA) is 9.23 Å². The molecule has 0 radical (unpaired) electrons. The molecule has 0 saturated carbocycles. The van der Waals surface area contributed by atoms with Crippen LogP contribution in [0.5, 0.6) is 5.75 Å². The molecule has 1 aromatic rings. The Morgan fingerprint density at radius 1 is 1.08 bits per heavy atom. The maximum Gasteiger partial charge on any atom is 0.234 e. The second-order valence-electron chi connectivity index (χ2n) is 2.87. The summed E-state index contributed by atoms with van der Waals surface area (Å²) in [6.07, 6.45) is 0. The summed E-state index contributed by atoms with van der Waals surface area (Å²) in [5, 5.41) is 0. The van der Waals surface area contributed by atoms with Gasteiger partial charge in [0.05, 0.1) is 0 Å². The van der Waals surface area contributed by atoms with Crippen LogP contribution in [-0.4, -0.2) is 9.04 Å². The van der Waals surface area contributed by atoms with E-state index < -0.39 is 9.04 Å². The molecule has 0 aliphatic heterocycles. The molecule has 1 nitrogen and oxygen atoms in total. The molecule has 0 fully saturated rings. The monoisotopic (exact) mass is 180 g/mol. The molecule has 0 spiro atoms. The van der Waals surface area contributed by atoms with E-state index in [9.17, 15) is 0 Å². The highest BCUT2D eigenvalue weighted by molar-refractivity contribution is 6.52. The third-order valence-electron chi connectivity index (χ3n) is 1.96. The third-order valence-corrected chi connectivity index (χ3v) is 4.38. The van der Waals surface area contributed by atoms with Gasteiger partial charge in [0.1, 0.15) is 5.75 Å². The maximum absolute atomic E-state index is 5.85. The SMILES string of the molecule is CC[SiH](CC)Oc1ccccc1. The molecule has 2 heteroatoms. The van der Waals surface area contributed by atoms with Crippen LogP contribution in [0.3, 0.4) is 0 Å². The fourth-order valence-corrected chi connectivity index (χ4v) is 2.60. The maximum atomic E-state index is 5.85. The highest BCUT2D eigenvalue weighted by Gasteiger charge is 2.06. The molecular weight excluding hydrogens is 164 g/mol. The van der Waals surface area contributed by atoms with E-state index in [4.69, 9.17) is 4.43 Å². The van der Waals surface area contributed by atoms with E-state index >= 15 is 0 Å². The Kier molecular flexibility index (Phi) is 3.87. The number of hydrogen-bond acceptors (Lipinski definition) is 1. The first kappa shape index (κ1) is 9.33. The average Bonchev–Trinajstić information content (AvgIpc) is 2.16. The van der Waals surface area contributed by atoms with Crippen molar-refractivity contribution in [3.05, 3.63) is 30.3 Å². The molecule has 0 aromatic heterocycles. The standard InChI is InChI=1S/C10H16OSi/c1-3-12(4-2)11-10-8-6-5-7-9-10/h5-9,12H,3-4H2,1-2H3. The van der Waals surface area contributed by atoms with Crippen molar-refractivity contribution in [2.75, 3.05) is 0 Å². The molecule has 1 aromatic carbocycles. The van der Waals surface area contributed by atoms with Crippen LogP contribution in [0.25, 0.3) is 0 Å². The lowest BCUT2D eigenvalue weighted by atomic mass is 10.3. The normalized spacial score (nSPS) is 10.2. The van der Waals surface area contributed by atoms with Gasteiger partial charge in [-0.2, -0.15) is 0 Å². The van der Waals surface area contributed by atoms with Gasteiger partial charge in [0.15, 0.2) is 0 Å². The Bertz CT molecular complexity index is 206. The van der Waals surface area contributed by atoms with Gasteiger partial charge in [0, 0.05) is 0 Å². The van der Waals surface area contributed by atoms with Gasteiger partial charge in [0.25, 0.3) is 0 Å². The molecular formula is C10H16OSi. The Morgan fingerprint density at radius 2 is 1.67 bits per heavy atom. The smallest absolute Gasteiger partial charge is 0.234 e. The van der Waals surface area contributed by atoms with Crippen molar-refractivity contribution < 1.29 is 4.43 Å². The van der Waals surface area contributed by atoms with Gasteiger partial charge in [0.2, 0.25) is 9.04 Å². The molecule has 0 bridgehead atoms. The zero-order chi connectivity index (χ0) is 8.81. The van der Waals surface area contributed by atoms with E-state index in [1.807, 2.05) is 30.3 Å². The predicted molar refractivity (Wildman–Crippen MR) is 55.2 cm³/mol. The summed E-state index contributed by atoms with van der Waals surface area (Å²) in [6.45, 7) is 4.42. The second-order valence-corrected chi connectivity index (χ2v) is 5.98. The van der Waals surface area contributed by atoms with Gasteiger partial charge in [-0.15, -0.1) is 0 Å². The third kappa shape index (κ3) is 2.70. The van der Waals surface area contributed by atoms with Crippen molar-refractivity contribution in [3.8, 4) is 5.75 Å². The lowest BCUT2D eigenvalue weighted by Crippen LogP contribution is -2.18. The van der Waals surface area contributed by atoms with E-state index in [0.29, 0.717) is 0 Å². The minimum Gasteiger partial charge on any atom is -0.546 e. The van der Waals surface area contributed by atoms with Crippen molar-refractivity contribution in [3.63, 3.8) is 0 Å². The molecule has 1 rings (SSSR count). The van der Waals surface area contributed by atoms with Crippen LogP contribution in [0, 0.1) is 0 Å². The quantitative estimate of drug-likeness (QED) is 0.647. The van der Waals surface area contributed by atoms with Crippen molar-refractivity contribution in [1.29, 1.82) is 0 Å². The van der Waals surface area contributed by atoms with E-state index in [1.54, 1.807) is 0 Å². The van der Waals surface area contributed by atoms with Crippen LogP contribution in [-0.2, 0) is 0 Å². The molecule has 0 heterocycles. The molecule has 0 saturated heterocycles. The number of benzene rings is 1. The number of para-hydroxylation sites is 1. The fraction of sp³-hybridized carbons (Fsp3) is 0.400. The molecule has 0 aliphatic carbocycles. The predicted octanol–water partition coefficient (Wildman–Crippen LogP) is 2.83.